The van der Waals surface area contributed by atoms with Gasteiger partial charge in [0.1, 0.15) is 11.5 Å². The van der Waals surface area contributed by atoms with Gasteiger partial charge in [-0.3, -0.25) is 4.79 Å². The average Bonchev–Trinajstić information content (AvgIpc) is 2.44. The van der Waals surface area contributed by atoms with E-state index in [0.717, 1.165) is 0 Å². The molecule has 1 aromatic carbocycles. The number of hydrogen-bond donors (Lipinski definition) is 3. The van der Waals surface area contributed by atoms with Gasteiger partial charge in [0, 0.05) is 18.7 Å². The lowest BCUT2D eigenvalue weighted by Crippen LogP contribution is -2.36. The second kappa shape index (κ2) is 6.69. The highest BCUT2D eigenvalue weighted by molar-refractivity contribution is 7.89. The first-order chi connectivity index (χ1) is 10.7. The second-order valence-electron chi connectivity index (χ2n) is 5.43. The molecule has 0 unspecified atom stereocenters. The zero-order chi connectivity index (χ0) is 17.2. The van der Waals surface area contributed by atoms with E-state index in [-0.39, 0.29) is 36.4 Å². The van der Waals surface area contributed by atoms with E-state index in [0.29, 0.717) is 5.56 Å². The van der Waals surface area contributed by atoms with Crippen LogP contribution < -0.4 is 9.79 Å². The topological polar surface area (TPSA) is 144 Å². The fraction of sp³-hybridized carbons (Fsp3) is 0.385. The van der Waals surface area contributed by atoms with Crippen LogP contribution >= 0.6 is 0 Å². The molecule has 0 aliphatic carbocycles. The number of benzene rings is 1. The summed E-state index contributed by atoms with van der Waals surface area (Å²) in [5.74, 6) is -2.45. The third-order valence-corrected chi connectivity index (χ3v) is 4.38. The van der Waals surface area contributed by atoms with Crippen molar-refractivity contribution in [3.8, 4) is 5.75 Å². The number of rotatable bonds is 6. The predicted molar refractivity (Wildman–Crippen MR) is 81.7 cm³/mol. The number of carboxylic acids is 1. The molecule has 23 heavy (non-hydrogen) atoms. The SMILES string of the molecule is NS(=O)(=O)CCC(=O)C[C@H]1Cc2cccc(C(=O)O)c2OB1O. The first-order valence-electron chi connectivity index (χ1n) is 6.89. The standard InChI is InChI=1S/C13H16BNO7S/c15-23(20,21)5-4-10(16)7-9-6-8-2-1-3-11(13(17)18)12(8)22-14(9)19/h1-3,9,19H,4-7H2,(H,17,18)(H2,15,20,21)/t9-/m1/s1. The summed E-state index contributed by atoms with van der Waals surface area (Å²) in [4.78, 5) is 22.9. The summed E-state index contributed by atoms with van der Waals surface area (Å²) in [5.41, 5.74) is 0.528. The van der Waals surface area contributed by atoms with Gasteiger partial charge < -0.3 is 14.8 Å². The van der Waals surface area contributed by atoms with Crippen LogP contribution in [0.2, 0.25) is 5.82 Å². The van der Waals surface area contributed by atoms with Crippen LogP contribution in [0.25, 0.3) is 0 Å². The molecule has 8 nitrogen and oxygen atoms in total. The lowest BCUT2D eigenvalue weighted by molar-refractivity contribution is -0.118. The molecule has 0 saturated carbocycles. The predicted octanol–water partition coefficient (Wildman–Crippen LogP) is -0.192. The van der Waals surface area contributed by atoms with Gasteiger partial charge in [0.25, 0.3) is 0 Å². The largest absolute Gasteiger partial charge is 0.535 e. The third-order valence-electron chi connectivity index (χ3n) is 3.61. The number of aromatic carboxylic acids is 1. The number of carbonyl (C=O) groups is 2. The lowest BCUT2D eigenvalue weighted by atomic mass is 9.64. The molecule has 0 amide bonds. The fourth-order valence-corrected chi connectivity index (χ4v) is 2.99. The molecule has 1 heterocycles. The Balaban J connectivity index is 2.08. The monoisotopic (exact) mass is 341 g/mol. The van der Waals surface area contributed by atoms with Crippen molar-refractivity contribution in [2.45, 2.75) is 25.1 Å². The summed E-state index contributed by atoms with van der Waals surface area (Å²) in [6, 6.07) is 4.59. The van der Waals surface area contributed by atoms with Crippen LogP contribution in [0.3, 0.4) is 0 Å². The van der Waals surface area contributed by atoms with E-state index in [4.69, 9.17) is 14.9 Å². The molecule has 1 atom stereocenters. The Hall–Kier alpha value is -1.91. The van der Waals surface area contributed by atoms with Crippen LogP contribution in [-0.4, -0.2) is 43.2 Å². The number of hydrogen-bond acceptors (Lipinski definition) is 6. The smallest absolute Gasteiger partial charge is 0.526 e. The number of fused-ring (bicyclic) bond motifs is 1. The molecule has 124 valence electrons. The third kappa shape index (κ3) is 4.53. The number of para-hydroxylation sites is 1. The van der Waals surface area contributed by atoms with E-state index < -0.39 is 34.7 Å². The van der Waals surface area contributed by atoms with Crippen molar-refractivity contribution >= 4 is 28.9 Å². The van der Waals surface area contributed by atoms with E-state index in [9.17, 15) is 23.0 Å². The molecule has 2 rings (SSSR count). The number of primary sulfonamides is 1. The quantitative estimate of drug-likeness (QED) is 0.608. The molecule has 0 spiro atoms. The minimum atomic E-state index is -3.72. The maximum atomic E-state index is 11.8. The van der Waals surface area contributed by atoms with Gasteiger partial charge >= 0.3 is 13.1 Å². The van der Waals surface area contributed by atoms with Crippen LogP contribution in [-0.2, 0) is 21.2 Å². The highest BCUT2D eigenvalue weighted by Gasteiger charge is 2.37. The first kappa shape index (κ1) is 17.4. The number of nitrogens with two attached hydrogens (primary N) is 1. The maximum absolute atomic E-state index is 11.8. The van der Waals surface area contributed by atoms with Gasteiger partial charge in [-0.25, -0.2) is 18.4 Å². The van der Waals surface area contributed by atoms with Crippen molar-refractivity contribution in [1.29, 1.82) is 0 Å². The van der Waals surface area contributed by atoms with Gasteiger partial charge in [-0.2, -0.15) is 0 Å². The summed E-state index contributed by atoms with van der Waals surface area (Å²) in [7, 11) is -5.05. The minimum absolute atomic E-state index is 0.0550. The highest BCUT2D eigenvalue weighted by Crippen LogP contribution is 2.36. The lowest BCUT2D eigenvalue weighted by Gasteiger charge is -2.27. The van der Waals surface area contributed by atoms with Crippen molar-refractivity contribution in [3.63, 3.8) is 0 Å². The molecule has 10 heteroatoms. The number of ketones is 1. The molecule has 4 N–H and O–H groups in total. The molecule has 0 aromatic heterocycles. The summed E-state index contributed by atoms with van der Waals surface area (Å²) in [5, 5.41) is 23.9. The van der Waals surface area contributed by atoms with Gasteiger partial charge in [-0.15, -0.1) is 0 Å². The summed E-state index contributed by atoms with van der Waals surface area (Å²) in [6.45, 7) is 0. The van der Waals surface area contributed by atoms with E-state index in [1.807, 2.05) is 0 Å². The Labute approximate surface area is 133 Å². The van der Waals surface area contributed by atoms with Gasteiger partial charge in [0.15, 0.2) is 0 Å². The first-order valence-corrected chi connectivity index (χ1v) is 8.61. The number of Topliss-reactive ketones (excluding diaryl/α,β-unsaturated/α-hetero) is 1. The van der Waals surface area contributed by atoms with Gasteiger partial charge in [0.05, 0.1) is 11.3 Å². The van der Waals surface area contributed by atoms with Crippen LogP contribution in [0.4, 0.5) is 0 Å². The Bertz CT molecular complexity index is 734. The number of sulfonamides is 1. The molecule has 1 aromatic rings. The van der Waals surface area contributed by atoms with Crippen molar-refractivity contribution in [1.82, 2.24) is 0 Å². The summed E-state index contributed by atoms with van der Waals surface area (Å²) in [6.07, 6.45) is -0.0454. The molecule has 0 fully saturated rings. The number of carboxylic acid groups (broad SMARTS) is 1. The molecule has 1 aliphatic rings. The normalized spacial score (nSPS) is 17.3. The van der Waals surface area contributed by atoms with Gasteiger partial charge in [0.2, 0.25) is 10.0 Å². The van der Waals surface area contributed by atoms with Crippen molar-refractivity contribution in [2.24, 2.45) is 5.14 Å². The molecule has 0 saturated heterocycles. The van der Waals surface area contributed by atoms with Crippen molar-refractivity contribution in [3.05, 3.63) is 29.3 Å². The Morgan fingerprint density at radius 3 is 2.70 bits per heavy atom. The molecular weight excluding hydrogens is 325 g/mol. The van der Waals surface area contributed by atoms with Crippen LogP contribution in [0.15, 0.2) is 18.2 Å². The highest BCUT2D eigenvalue weighted by atomic mass is 32.2. The Kier molecular flexibility index (Phi) is 5.08. The van der Waals surface area contributed by atoms with Crippen molar-refractivity contribution in [2.75, 3.05) is 5.75 Å². The van der Waals surface area contributed by atoms with Crippen LogP contribution in [0, 0.1) is 0 Å². The van der Waals surface area contributed by atoms with Gasteiger partial charge in [-0.05, 0) is 18.1 Å². The maximum Gasteiger partial charge on any atom is 0.526 e. The van der Waals surface area contributed by atoms with Crippen LogP contribution in [0.5, 0.6) is 5.75 Å². The number of carbonyl (C=O) groups excluding carboxylic acids is 1. The molecular formula is C13H16BNO7S. The van der Waals surface area contributed by atoms with Crippen LogP contribution in [0.1, 0.15) is 28.8 Å². The average molecular weight is 341 g/mol. The zero-order valence-corrected chi connectivity index (χ0v) is 13.0. The molecule has 0 radical (unpaired) electrons. The molecule has 0 bridgehead atoms. The van der Waals surface area contributed by atoms with E-state index in [1.54, 1.807) is 12.1 Å². The zero-order valence-electron chi connectivity index (χ0n) is 12.1. The molecule has 1 aliphatic heterocycles. The Morgan fingerprint density at radius 1 is 1.39 bits per heavy atom. The summed E-state index contributed by atoms with van der Waals surface area (Å²) < 4.78 is 27.0. The fourth-order valence-electron chi connectivity index (χ4n) is 2.48. The van der Waals surface area contributed by atoms with E-state index in [2.05, 4.69) is 0 Å². The van der Waals surface area contributed by atoms with E-state index in [1.165, 1.54) is 6.07 Å². The minimum Gasteiger partial charge on any atom is -0.535 e. The second-order valence-corrected chi connectivity index (χ2v) is 7.17. The van der Waals surface area contributed by atoms with Gasteiger partial charge in [-0.1, -0.05) is 12.1 Å². The van der Waals surface area contributed by atoms with Crippen molar-refractivity contribution < 1.29 is 32.8 Å². The summed E-state index contributed by atoms with van der Waals surface area (Å²) >= 11 is 0. The Morgan fingerprint density at radius 2 is 2.09 bits per heavy atom. The van der Waals surface area contributed by atoms with E-state index >= 15 is 0 Å².